The van der Waals surface area contributed by atoms with Crippen LogP contribution in [0.2, 0.25) is 0 Å². The molecule has 6 nitrogen and oxygen atoms in total. The first-order valence-corrected chi connectivity index (χ1v) is 8.84. The van der Waals surface area contributed by atoms with Crippen LogP contribution >= 0.6 is 0 Å². The summed E-state index contributed by atoms with van der Waals surface area (Å²) >= 11 is 0. The van der Waals surface area contributed by atoms with Gasteiger partial charge in [-0.1, -0.05) is 0 Å². The second-order valence-corrected chi connectivity index (χ2v) is 6.43. The summed E-state index contributed by atoms with van der Waals surface area (Å²) in [6.07, 6.45) is -0.00755. The molecular weight excluding hydrogens is 330 g/mol. The minimum atomic E-state index is -0.367. The Morgan fingerprint density at radius 2 is 2.08 bits per heavy atom. The molecule has 0 bridgehead atoms. The fourth-order valence-corrected chi connectivity index (χ4v) is 3.04. The van der Waals surface area contributed by atoms with Crippen LogP contribution in [0.5, 0.6) is 11.5 Å². The van der Waals surface area contributed by atoms with Crippen molar-refractivity contribution in [1.29, 1.82) is 0 Å². The molecule has 1 heterocycles. The lowest BCUT2D eigenvalue weighted by Crippen LogP contribution is -2.48. The molecule has 0 fully saturated rings. The molecule has 26 heavy (non-hydrogen) atoms. The maximum absolute atomic E-state index is 12.8. The van der Waals surface area contributed by atoms with E-state index < -0.39 is 0 Å². The molecule has 0 aromatic heterocycles. The van der Waals surface area contributed by atoms with E-state index >= 15 is 0 Å². The second-order valence-electron chi connectivity index (χ2n) is 6.43. The average Bonchev–Trinajstić information content (AvgIpc) is 2.62. The third-order valence-electron chi connectivity index (χ3n) is 4.35. The molecule has 0 saturated heterocycles. The van der Waals surface area contributed by atoms with Gasteiger partial charge in [0.05, 0.1) is 18.8 Å². The number of ether oxygens (including phenoxy) is 2. The zero-order valence-electron chi connectivity index (χ0n) is 15.4. The van der Waals surface area contributed by atoms with Gasteiger partial charge in [-0.2, -0.15) is 0 Å². The SMILES string of the molecule is CCOc1ccc(NC(=O)C(C)N2CC(C)Oc3ccc(N)cc32)cc1. The first-order chi connectivity index (χ1) is 12.5. The van der Waals surface area contributed by atoms with Crippen molar-refractivity contribution in [3.63, 3.8) is 0 Å². The van der Waals surface area contributed by atoms with Crippen molar-refractivity contribution >= 4 is 23.0 Å². The molecule has 0 aliphatic carbocycles. The number of nitrogens with one attached hydrogen (secondary N) is 1. The number of rotatable bonds is 5. The number of hydrogen-bond acceptors (Lipinski definition) is 5. The Hall–Kier alpha value is -2.89. The first kappa shape index (κ1) is 17.9. The van der Waals surface area contributed by atoms with Crippen LogP contribution in [-0.4, -0.2) is 31.2 Å². The molecule has 1 aliphatic heterocycles. The topological polar surface area (TPSA) is 76.8 Å². The van der Waals surface area contributed by atoms with E-state index in [2.05, 4.69) is 5.32 Å². The van der Waals surface area contributed by atoms with Gasteiger partial charge in [-0.15, -0.1) is 0 Å². The third-order valence-corrected chi connectivity index (χ3v) is 4.35. The minimum absolute atomic E-state index is 0.00755. The predicted molar refractivity (Wildman–Crippen MR) is 104 cm³/mol. The van der Waals surface area contributed by atoms with Crippen molar-refractivity contribution in [1.82, 2.24) is 0 Å². The quantitative estimate of drug-likeness (QED) is 0.805. The van der Waals surface area contributed by atoms with Crippen molar-refractivity contribution in [2.24, 2.45) is 0 Å². The van der Waals surface area contributed by atoms with Crippen LogP contribution < -0.4 is 25.4 Å². The van der Waals surface area contributed by atoms with Crippen LogP contribution in [0.15, 0.2) is 42.5 Å². The Kier molecular flexibility index (Phi) is 5.21. The predicted octanol–water partition coefficient (Wildman–Crippen LogP) is 3.28. The molecule has 2 aromatic carbocycles. The van der Waals surface area contributed by atoms with Gasteiger partial charge in [0.1, 0.15) is 23.6 Å². The summed E-state index contributed by atoms with van der Waals surface area (Å²) in [6.45, 7) is 7.04. The van der Waals surface area contributed by atoms with Crippen LogP contribution in [0.3, 0.4) is 0 Å². The molecule has 1 amide bonds. The number of nitrogens with two attached hydrogens (primary N) is 1. The molecule has 2 unspecified atom stereocenters. The Labute approximate surface area is 153 Å². The summed E-state index contributed by atoms with van der Waals surface area (Å²) in [6, 6.07) is 12.5. The fraction of sp³-hybridized carbons (Fsp3) is 0.350. The highest BCUT2D eigenvalue weighted by Crippen LogP contribution is 2.36. The number of carbonyl (C=O) groups excluding carboxylic acids is 1. The highest BCUT2D eigenvalue weighted by atomic mass is 16.5. The second kappa shape index (κ2) is 7.56. The summed E-state index contributed by atoms with van der Waals surface area (Å²) in [5.41, 5.74) is 8.15. The molecule has 3 N–H and O–H groups in total. The number of benzene rings is 2. The van der Waals surface area contributed by atoms with Gasteiger partial charge in [0, 0.05) is 11.4 Å². The standard InChI is InChI=1S/C20H25N3O3/c1-4-25-17-8-6-16(7-9-17)22-20(24)14(3)23-12-13(2)26-19-10-5-15(21)11-18(19)23/h5-11,13-14H,4,12,21H2,1-3H3,(H,22,24). The van der Waals surface area contributed by atoms with E-state index in [9.17, 15) is 4.79 Å². The fourth-order valence-electron chi connectivity index (χ4n) is 3.04. The van der Waals surface area contributed by atoms with E-state index in [1.165, 1.54) is 0 Å². The van der Waals surface area contributed by atoms with Gasteiger partial charge in [0.15, 0.2) is 0 Å². The van der Waals surface area contributed by atoms with E-state index in [0.717, 1.165) is 22.9 Å². The summed E-state index contributed by atoms with van der Waals surface area (Å²) in [5, 5.41) is 2.96. The number of nitrogens with zero attached hydrogens (tertiary/aromatic N) is 1. The smallest absolute Gasteiger partial charge is 0.246 e. The molecule has 0 saturated carbocycles. The van der Waals surface area contributed by atoms with Crippen LogP contribution in [0.25, 0.3) is 0 Å². The summed E-state index contributed by atoms with van der Waals surface area (Å²) < 4.78 is 11.3. The monoisotopic (exact) mass is 355 g/mol. The molecular formula is C20H25N3O3. The van der Waals surface area contributed by atoms with Crippen molar-refractivity contribution in [2.45, 2.75) is 32.9 Å². The van der Waals surface area contributed by atoms with Gasteiger partial charge in [0.25, 0.3) is 0 Å². The Morgan fingerprint density at radius 3 is 2.77 bits per heavy atom. The zero-order valence-corrected chi connectivity index (χ0v) is 15.4. The van der Waals surface area contributed by atoms with Crippen LogP contribution in [0.1, 0.15) is 20.8 Å². The number of hydrogen-bond donors (Lipinski definition) is 2. The molecule has 2 atom stereocenters. The number of nitrogen functional groups attached to an aromatic ring is 1. The normalized spacial score (nSPS) is 17.0. The summed E-state index contributed by atoms with van der Waals surface area (Å²) in [5.74, 6) is 1.44. The maximum Gasteiger partial charge on any atom is 0.246 e. The van der Waals surface area contributed by atoms with Crippen molar-refractivity contribution < 1.29 is 14.3 Å². The first-order valence-electron chi connectivity index (χ1n) is 8.84. The highest BCUT2D eigenvalue weighted by Gasteiger charge is 2.30. The van der Waals surface area contributed by atoms with Crippen molar-refractivity contribution in [3.05, 3.63) is 42.5 Å². The van der Waals surface area contributed by atoms with E-state index in [1.807, 2.05) is 62.1 Å². The largest absolute Gasteiger partial charge is 0.494 e. The highest BCUT2D eigenvalue weighted by molar-refractivity contribution is 5.97. The van der Waals surface area contributed by atoms with Gasteiger partial charge in [-0.05, 0) is 63.2 Å². The molecule has 138 valence electrons. The van der Waals surface area contributed by atoms with E-state index in [0.29, 0.717) is 18.8 Å². The van der Waals surface area contributed by atoms with Crippen LogP contribution in [-0.2, 0) is 4.79 Å². The maximum atomic E-state index is 12.8. The van der Waals surface area contributed by atoms with Gasteiger partial charge in [-0.3, -0.25) is 4.79 Å². The van der Waals surface area contributed by atoms with Gasteiger partial charge in [0.2, 0.25) is 5.91 Å². The van der Waals surface area contributed by atoms with E-state index in [-0.39, 0.29) is 18.1 Å². The molecule has 3 rings (SSSR count). The Balaban J connectivity index is 1.75. The molecule has 0 spiro atoms. The number of amides is 1. The number of carbonyl (C=O) groups is 1. The van der Waals surface area contributed by atoms with Crippen molar-refractivity contribution in [3.8, 4) is 11.5 Å². The van der Waals surface area contributed by atoms with Crippen LogP contribution in [0.4, 0.5) is 17.1 Å². The van der Waals surface area contributed by atoms with E-state index in [1.54, 1.807) is 6.07 Å². The number of anilines is 3. The van der Waals surface area contributed by atoms with E-state index in [4.69, 9.17) is 15.2 Å². The molecule has 6 heteroatoms. The Bertz CT molecular complexity index is 776. The summed E-state index contributed by atoms with van der Waals surface area (Å²) in [7, 11) is 0. The lowest BCUT2D eigenvalue weighted by Gasteiger charge is -2.38. The Morgan fingerprint density at radius 1 is 1.35 bits per heavy atom. The lowest BCUT2D eigenvalue weighted by molar-refractivity contribution is -0.117. The third kappa shape index (κ3) is 3.85. The zero-order chi connectivity index (χ0) is 18.7. The summed E-state index contributed by atoms with van der Waals surface area (Å²) in [4.78, 5) is 14.8. The minimum Gasteiger partial charge on any atom is -0.494 e. The average molecular weight is 355 g/mol. The van der Waals surface area contributed by atoms with Gasteiger partial charge < -0.3 is 25.4 Å². The van der Waals surface area contributed by atoms with Crippen molar-refractivity contribution in [2.75, 3.05) is 29.1 Å². The molecule has 2 aromatic rings. The number of fused-ring (bicyclic) bond motifs is 1. The molecule has 0 radical (unpaired) electrons. The van der Waals surface area contributed by atoms with Gasteiger partial charge >= 0.3 is 0 Å². The molecule has 1 aliphatic rings. The van der Waals surface area contributed by atoms with Gasteiger partial charge in [-0.25, -0.2) is 0 Å². The lowest BCUT2D eigenvalue weighted by atomic mass is 10.1. The van der Waals surface area contributed by atoms with Crippen LogP contribution in [0, 0.1) is 0 Å².